The quantitative estimate of drug-likeness (QED) is 0.255. The predicted molar refractivity (Wildman–Crippen MR) is 156 cm³/mol. The van der Waals surface area contributed by atoms with Gasteiger partial charge >= 0.3 is 0 Å². The van der Waals surface area contributed by atoms with Gasteiger partial charge in [0.25, 0.3) is 0 Å². The average Bonchev–Trinajstić information content (AvgIpc) is 3.01. The summed E-state index contributed by atoms with van der Waals surface area (Å²) in [7, 11) is 0. The Bertz CT molecular complexity index is 754. The van der Waals surface area contributed by atoms with Crippen molar-refractivity contribution in [2.75, 3.05) is 32.8 Å². The van der Waals surface area contributed by atoms with Crippen molar-refractivity contribution in [3.05, 3.63) is 24.3 Å². The zero-order valence-electron chi connectivity index (χ0n) is 24.0. The van der Waals surface area contributed by atoms with Crippen LogP contribution in [0.1, 0.15) is 97.8 Å². The number of piperidine rings is 2. The summed E-state index contributed by atoms with van der Waals surface area (Å²) in [6, 6.07) is 0.413. The molecule has 3 saturated heterocycles. The molecule has 4 nitrogen and oxygen atoms in total. The fourth-order valence-corrected chi connectivity index (χ4v) is 8.42. The molecule has 0 bridgehead atoms. The first-order valence-corrected chi connectivity index (χ1v) is 15.9. The van der Waals surface area contributed by atoms with E-state index in [1.807, 2.05) is 13.8 Å². The maximum Gasteiger partial charge on any atom is 0.0675 e. The van der Waals surface area contributed by atoms with Gasteiger partial charge < -0.3 is 20.1 Å². The molecule has 1 aliphatic carbocycles. The number of fused-ring (bicyclic) bond motifs is 1. The Morgan fingerprint density at radius 2 is 1.95 bits per heavy atom. The third kappa shape index (κ3) is 7.84. The van der Waals surface area contributed by atoms with Crippen LogP contribution in [-0.4, -0.2) is 65.9 Å². The van der Waals surface area contributed by atoms with Crippen molar-refractivity contribution in [1.82, 2.24) is 10.2 Å². The van der Waals surface area contributed by atoms with Gasteiger partial charge in [-0.1, -0.05) is 37.5 Å². The fourth-order valence-electron chi connectivity index (χ4n) is 7.84. The molecule has 4 rings (SSSR count). The molecule has 3 heterocycles. The number of rotatable bonds is 9. The molecule has 0 radical (unpaired) electrons. The van der Waals surface area contributed by atoms with Gasteiger partial charge in [-0.05, 0) is 115 Å². The van der Waals surface area contributed by atoms with Crippen LogP contribution in [0.15, 0.2) is 24.3 Å². The molecule has 0 aromatic rings. The van der Waals surface area contributed by atoms with Crippen LogP contribution in [0.5, 0.6) is 0 Å². The van der Waals surface area contributed by atoms with Crippen LogP contribution in [0.3, 0.4) is 0 Å². The van der Waals surface area contributed by atoms with Gasteiger partial charge in [0, 0.05) is 23.9 Å². The number of nitrogens with zero attached hydrogens (tertiary/aromatic N) is 1. The van der Waals surface area contributed by atoms with E-state index in [-0.39, 0.29) is 12.0 Å². The molecule has 3 aliphatic heterocycles. The van der Waals surface area contributed by atoms with Crippen LogP contribution < -0.4 is 5.32 Å². The van der Waals surface area contributed by atoms with Gasteiger partial charge in [-0.3, -0.25) is 0 Å². The highest BCUT2D eigenvalue weighted by Gasteiger charge is 2.42. The van der Waals surface area contributed by atoms with Gasteiger partial charge in [0.1, 0.15) is 0 Å². The Labute approximate surface area is 232 Å². The lowest BCUT2D eigenvalue weighted by atomic mass is 9.65. The fraction of sp³-hybridized carbons (Fsp3) is 0.875. The summed E-state index contributed by atoms with van der Waals surface area (Å²) in [6.07, 6.45) is 19.0. The molecule has 6 atom stereocenters. The Morgan fingerprint density at radius 3 is 2.65 bits per heavy atom. The predicted octanol–water partition coefficient (Wildman–Crippen LogP) is 6.71. The molecule has 2 unspecified atom stereocenters. The number of ether oxygens (including phenoxy) is 1. The normalized spacial score (nSPS) is 36.6. The topological polar surface area (TPSA) is 44.7 Å². The van der Waals surface area contributed by atoms with Gasteiger partial charge in [-0.2, -0.15) is 0 Å². The third-order valence-corrected chi connectivity index (χ3v) is 10.7. The van der Waals surface area contributed by atoms with Crippen molar-refractivity contribution in [1.29, 1.82) is 0 Å². The van der Waals surface area contributed by atoms with Crippen molar-refractivity contribution in [3.63, 3.8) is 0 Å². The standard InChI is InChI=1S/C32H55ClN2O2/c1-5-24-25(26-11-9-19-34-29(26)23-37-30(24)15-8-16-31(2,3)36)12-10-20-35-21-17-32(4,18-22-35)27-13-6-7-14-28(27)33/h5,12,24,26-30,34,36H,1,6-11,13-23H2,2-4H3/b25-12-/t24-,26+,27-,28+,29?,30?/m1/s1. The number of nitrogens with one attached hydrogen (secondary N) is 1. The molecule has 2 N–H and O–H groups in total. The van der Waals surface area contributed by atoms with Crippen LogP contribution in [0.4, 0.5) is 0 Å². The zero-order valence-corrected chi connectivity index (χ0v) is 24.8. The highest BCUT2D eigenvalue weighted by molar-refractivity contribution is 6.20. The smallest absolute Gasteiger partial charge is 0.0675 e. The van der Waals surface area contributed by atoms with E-state index in [0.29, 0.717) is 28.7 Å². The number of likely N-dealkylation sites (tertiary alicyclic amines) is 1. The second-order valence-electron chi connectivity index (χ2n) is 13.5. The van der Waals surface area contributed by atoms with Crippen molar-refractivity contribution >= 4 is 11.6 Å². The summed E-state index contributed by atoms with van der Waals surface area (Å²) >= 11 is 6.82. The molecule has 37 heavy (non-hydrogen) atoms. The van der Waals surface area contributed by atoms with Gasteiger partial charge in [-0.25, -0.2) is 0 Å². The second kappa shape index (κ2) is 13.3. The lowest BCUT2D eigenvalue weighted by molar-refractivity contribution is 0.0147. The van der Waals surface area contributed by atoms with Crippen LogP contribution in [0.2, 0.25) is 0 Å². The molecule has 0 aromatic heterocycles. The molecule has 212 valence electrons. The minimum absolute atomic E-state index is 0.160. The molecule has 0 amide bonds. The van der Waals surface area contributed by atoms with Crippen LogP contribution in [0.25, 0.3) is 0 Å². The molecule has 4 fully saturated rings. The molecular weight excluding hydrogens is 480 g/mol. The first-order valence-electron chi connectivity index (χ1n) is 15.5. The summed E-state index contributed by atoms with van der Waals surface area (Å²) in [6.45, 7) is 16.0. The highest BCUT2D eigenvalue weighted by atomic mass is 35.5. The van der Waals surface area contributed by atoms with Gasteiger partial charge in [0.15, 0.2) is 0 Å². The van der Waals surface area contributed by atoms with Crippen LogP contribution >= 0.6 is 11.6 Å². The molecule has 0 aromatic carbocycles. The molecular formula is C32H55ClN2O2. The molecule has 0 spiro atoms. The summed E-state index contributed by atoms with van der Waals surface area (Å²) < 4.78 is 6.53. The minimum atomic E-state index is -0.616. The Morgan fingerprint density at radius 1 is 1.19 bits per heavy atom. The maximum absolute atomic E-state index is 10.2. The van der Waals surface area contributed by atoms with Gasteiger partial charge in [-0.15, -0.1) is 18.2 Å². The average molecular weight is 535 g/mol. The van der Waals surface area contributed by atoms with Gasteiger partial charge in [0.05, 0.1) is 18.3 Å². The van der Waals surface area contributed by atoms with E-state index in [4.69, 9.17) is 16.3 Å². The van der Waals surface area contributed by atoms with E-state index in [1.165, 1.54) is 64.5 Å². The first kappa shape index (κ1) is 29.6. The minimum Gasteiger partial charge on any atom is -0.390 e. The third-order valence-electron chi connectivity index (χ3n) is 10.2. The number of halogens is 1. The zero-order chi connectivity index (χ0) is 26.5. The summed E-state index contributed by atoms with van der Waals surface area (Å²) in [5.41, 5.74) is 1.37. The van der Waals surface area contributed by atoms with E-state index < -0.39 is 5.60 Å². The van der Waals surface area contributed by atoms with Gasteiger partial charge in [0.2, 0.25) is 0 Å². The Kier molecular flexibility index (Phi) is 10.6. The number of hydrogen-bond donors (Lipinski definition) is 2. The lowest BCUT2D eigenvalue weighted by Crippen LogP contribution is -2.45. The second-order valence-corrected chi connectivity index (χ2v) is 14.1. The van der Waals surface area contributed by atoms with Crippen molar-refractivity contribution < 1.29 is 9.84 Å². The summed E-state index contributed by atoms with van der Waals surface area (Å²) in [5, 5.41) is 14.4. The van der Waals surface area contributed by atoms with E-state index >= 15 is 0 Å². The number of alkyl halides is 1. The van der Waals surface area contributed by atoms with E-state index in [9.17, 15) is 5.11 Å². The Hall–Kier alpha value is -0.390. The SMILES string of the molecule is C=C[C@@H]1/C(=C/CCN2CCC(C)([C@@H]3CCCC[C@@H]3Cl)CC2)[C@@H]2CCCNC2COC1CCCC(C)(C)O. The van der Waals surface area contributed by atoms with Crippen molar-refractivity contribution in [2.45, 2.75) is 121 Å². The lowest BCUT2D eigenvalue weighted by Gasteiger charge is -2.47. The summed E-state index contributed by atoms with van der Waals surface area (Å²) in [4.78, 5) is 2.69. The van der Waals surface area contributed by atoms with Crippen molar-refractivity contribution in [2.24, 2.45) is 23.2 Å². The van der Waals surface area contributed by atoms with Crippen molar-refractivity contribution in [3.8, 4) is 0 Å². The Balaban J connectivity index is 1.37. The van der Waals surface area contributed by atoms with E-state index in [2.05, 4.69) is 35.9 Å². The van der Waals surface area contributed by atoms with Crippen LogP contribution in [0, 0.1) is 23.2 Å². The van der Waals surface area contributed by atoms with E-state index in [0.717, 1.165) is 45.4 Å². The number of hydrogen-bond acceptors (Lipinski definition) is 4. The summed E-state index contributed by atoms with van der Waals surface area (Å²) in [5.74, 6) is 1.52. The van der Waals surface area contributed by atoms with E-state index in [1.54, 1.807) is 5.57 Å². The number of aliphatic hydroxyl groups is 1. The first-order chi connectivity index (χ1) is 17.7. The molecule has 1 saturated carbocycles. The molecule has 5 heteroatoms. The highest BCUT2D eigenvalue weighted by Crippen LogP contribution is 2.47. The van der Waals surface area contributed by atoms with Crippen LogP contribution in [-0.2, 0) is 4.74 Å². The maximum atomic E-state index is 10.2. The monoisotopic (exact) mass is 534 g/mol. The largest absolute Gasteiger partial charge is 0.390 e. The molecule has 4 aliphatic rings.